The number of methoxy groups -OCH3 is 1. The molecule has 4 aromatic rings. The average Bonchev–Trinajstić information content (AvgIpc) is 3.31. The van der Waals surface area contributed by atoms with Gasteiger partial charge in [0.25, 0.3) is 0 Å². The molecule has 0 unspecified atom stereocenters. The van der Waals surface area contributed by atoms with Crippen LogP contribution in [0.3, 0.4) is 0 Å². The summed E-state index contributed by atoms with van der Waals surface area (Å²) in [6.45, 7) is 3.16. The summed E-state index contributed by atoms with van der Waals surface area (Å²) in [5, 5.41) is 8.36. The molecule has 1 aliphatic heterocycles. The number of urea groups is 1. The molecule has 3 aromatic carbocycles. The van der Waals surface area contributed by atoms with Crippen LogP contribution in [0.15, 0.2) is 91.1 Å². The number of amides is 2. The van der Waals surface area contributed by atoms with E-state index >= 15 is 0 Å². The topological polar surface area (TPSA) is 66.5 Å². The van der Waals surface area contributed by atoms with Gasteiger partial charge in [0.2, 0.25) is 0 Å². The molecule has 35 heavy (non-hydrogen) atoms. The molecule has 0 saturated carbocycles. The molecule has 2 amide bonds. The molecular formula is C29H30N4O2. The maximum Gasteiger partial charge on any atom is 0.319 e. The van der Waals surface area contributed by atoms with Crippen molar-refractivity contribution < 1.29 is 9.53 Å². The van der Waals surface area contributed by atoms with Crippen molar-refractivity contribution in [1.82, 2.24) is 15.2 Å². The van der Waals surface area contributed by atoms with Crippen molar-refractivity contribution in [3.05, 3.63) is 96.7 Å². The van der Waals surface area contributed by atoms with E-state index in [-0.39, 0.29) is 18.0 Å². The van der Waals surface area contributed by atoms with E-state index in [0.717, 1.165) is 47.4 Å². The normalized spacial score (nSPS) is 18.0. The quantitative estimate of drug-likeness (QED) is 0.396. The Morgan fingerprint density at radius 1 is 0.971 bits per heavy atom. The molecule has 2 heterocycles. The molecule has 1 aliphatic rings. The zero-order valence-corrected chi connectivity index (χ0v) is 19.9. The van der Waals surface area contributed by atoms with Gasteiger partial charge < -0.3 is 15.4 Å². The molecule has 0 aliphatic carbocycles. The van der Waals surface area contributed by atoms with Gasteiger partial charge in [-0.1, -0.05) is 84.9 Å². The Hall–Kier alpha value is -3.74. The number of nitrogens with one attached hydrogen (secondary N) is 2. The molecule has 0 spiro atoms. The lowest BCUT2D eigenvalue weighted by atomic mass is 9.94. The molecule has 0 radical (unpaired) electrons. The number of nitrogens with zero attached hydrogens (tertiary/aromatic N) is 2. The highest BCUT2D eigenvalue weighted by atomic mass is 16.5. The first kappa shape index (κ1) is 23.0. The standard InChI is InChI=1S/C29H30N4O2/c1-35-17-16-33-19-25(21-10-4-2-5-11-21)26(20-33)31-29(34)32-28-24-15-9-8-14-23(24)18-30-27(28)22-12-6-3-7-13-22/h2-15,18,25-26H,16-17,19-20H2,1H3,(H2,31,32,34)/t25-,26+/m0/s1. The van der Waals surface area contributed by atoms with E-state index in [9.17, 15) is 4.79 Å². The van der Waals surface area contributed by atoms with Gasteiger partial charge in [-0.2, -0.15) is 0 Å². The van der Waals surface area contributed by atoms with Crippen LogP contribution in [0.25, 0.3) is 22.0 Å². The fraction of sp³-hybridized carbons (Fsp3) is 0.241. The highest BCUT2D eigenvalue weighted by Gasteiger charge is 2.34. The minimum atomic E-state index is -0.222. The number of anilines is 1. The van der Waals surface area contributed by atoms with Crippen molar-refractivity contribution in [2.24, 2.45) is 0 Å². The van der Waals surface area contributed by atoms with Gasteiger partial charge >= 0.3 is 6.03 Å². The Balaban J connectivity index is 1.42. The molecule has 1 aromatic heterocycles. The van der Waals surface area contributed by atoms with E-state index in [0.29, 0.717) is 6.61 Å². The van der Waals surface area contributed by atoms with Crippen LogP contribution in [0, 0.1) is 0 Å². The van der Waals surface area contributed by atoms with Crippen LogP contribution in [-0.2, 0) is 4.74 Å². The first-order valence-corrected chi connectivity index (χ1v) is 12.0. The third-order valence-corrected chi connectivity index (χ3v) is 6.64. The monoisotopic (exact) mass is 466 g/mol. The Morgan fingerprint density at radius 2 is 1.69 bits per heavy atom. The Bertz CT molecular complexity index is 1280. The summed E-state index contributed by atoms with van der Waals surface area (Å²) < 4.78 is 5.29. The van der Waals surface area contributed by atoms with Gasteiger partial charge in [-0.25, -0.2) is 4.79 Å². The molecular weight excluding hydrogens is 436 g/mol. The van der Waals surface area contributed by atoms with Crippen molar-refractivity contribution in [2.75, 3.05) is 38.7 Å². The van der Waals surface area contributed by atoms with Crippen molar-refractivity contribution in [1.29, 1.82) is 0 Å². The zero-order chi connectivity index (χ0) is 24.0. The summed E-state index contributed by atoms with van der Waals surface area (Å²) in [6.07, 6.45) is 1.86. The van der Waals surface area contributed by atoms with Crippen molar-refractivity contribution >= 4 is 22.5 Å². The lowest BCUT2D eigenvalue weighted by Crippen LogP contribution is -2.42. The molecule has 5 rings (SSSR count). The van der Waals surface area contributed by atoms with E-state index in [1.165, 1.54) is 5.56 Å². The maximum absolute atomic E-state index is 13.4. The second-order valence-electron chi connectivity index (χ2n) is 8.91. The second-order valence-corrected chi connectivity index (χ2v) is 8.91. The molecule has 1 saturated heterocycles. The summed E-state index contributed by atoms with van der Waals surface area (Å²) in [4.78, 5) is 20.5. The minimum Gasteiger partial charge on any atom is -0.383 e. The summed E-state index contributed by atoms with van der Waals surface area (Å²) >= 11 is 0. The van der Waals surface area contributed by atoms with Gasteiger partial charge in [0.05, 0.1) is 24.0 Å². The summed E-state index contributed by atoms with van der Waals surface area (Å²) in [5.74, 6) is 0.207. The number of fused-ring (bicyclic) bond motifs is 1. The van der Waals surface area contributed by atoms with Crippen LogP contribution in [0.4, 0.5) is 10.5 Å². The van der Waals surface area contributed by atoms with Gasteiger partial charge in [-0.3, -0.25) is 9.88 Å². The van der Waals surface area contributed by atoms with Crippen molar-refractivity contribution in [3.8, 4) is 11.3 Å². The van der Waals surface area contributed by atoms with E-state index in [2.05, 4.69) is 39.8 Å². The SMILES string of the molecule is COCCN1C[C@@H](NC(=O)Nc2c(-c3ccccc3)ncc3ccccc23)[C@H](c2ccccc2)C1. The first-order valence-electron chi connectivity index (χ1n) is 12.0. The fourth-order valence-electron chi connectivity index (χ4n) is 4.90. The summed E-state index contributed by atoms with van der Waals surface area (Å²) in [6, 6.07) is 28.1. The number of benzene rings is 3. The molecule has 178 valence electrons. The highest BCUT2D eigenvalue weighted by molar-refractivity contribution is 6.06. The third kappa shape index (κ3) is 5.19. The van der Waals surface area contributed by atoms with Crippen LogP contribution in [-0.4, -0.2) is 55.3 Å². The van der Waals surface area contributed by atoms with Gasteiger partial charge in [0, 0.05) is 55.2 Å². The Kier molecular flexibility index (Phi) is 7.02. The van der Waals surface area contributed by atoms with Crippen molar-refractivity contribution in [2.45, 2.75) is 12.0 Å². The number of likely N-dealkylation sites (tertiary alicyclic amines) is 1. The Morgan fingerprint density at radius 3 is 2.46 bits per heavy atom. The van der Waals surface area contributed by atoms with Crippen LogP contribution >= 0.6 is 0 Å². The third-order valence-electron chi connectivity index (χ3n) is 6.64. The largest absolute Gasteiger partial charge is 0.383 e. The molecule has 0 bridgehead atoms. The number of ether oxygens (including phenoxy) is 1. The highest BCUT2D eigenvalue weighted by Crippen LogP contribution is 2.33. The lowest BCUT2D eigenvalue weighted by molar-refractivity contribution is 0.159. The molecule has 2 atom stereocenters. The number of hydrogen-bond acceptors (Lipinski definition) is 4. The van der Waals surface area contributed by atoms with Crippen LogP contribution in [0.1, 0.15) is 11.5 Å². The van der Waals surface area contributed by atoms with Gasteiger partial charge in [-0.15, -0.1) is 0 Å². The lowest BCUT2D eigenvalue weighted by Gasteiger charge is -2.21. The predicted octanol–water partition coefficient (Wildman–Crippen LogP) is 5.14. The Labute approximate surface area is 205 Å². The van der Waals surface area contributed by atoms with E-state index < -0.39 is 0 Å². The molecule has 2 N–H and O–H groups in total. The maximum atomic E-state index is 13.4. The van der Waals surface area contributed by atoms with Crippen molar-refractivity contribution in [3.63, 3.8) is 0 Å². The fourth-order valence-corrected chi connectivity index (χ4v) is 4.90. The molecule has 6 nitrogen and oxygen atoms in total. The summed E-state index contributed by atoms with van der Waals surface area (Å²) in [5.41, 5.74) is 3.67. The minimum absolute atomic E-state index is 0.0163. The summed E-state index contributed by atoms with van der Waals surface area (Å²) in [7, 11) is 1.72. The number of pyridine rings is 1. The number of rotatable bonds is 7. The first-order chi connectivity index (χ1) is 17.2. The molecule has 1 fully saturated rings. The second kappa shape index (κ2) is 10.7. The van der Waals surface area contributed by atoms with Gasteiger partial charge in [0.15, 0.2) is 0 Å². The predicted molar refractivity (Wildman–Crippen MR) is 141 cm³/mol. The van der Waals surface area contributed by atoms with Crippen LogP contribution < -0.4 is 10.6 Å². The van der Waals surface area contributed by atoms with Crippen LogP contribution in [0.5, 0.6) is 0 Å². The number of carbonyl (C=O) groups excluding carboxylic acids is 1. The van der Waals surface area contributed by atoms with E-state index in [4.69, 9.17) is 9.72 Å². The van der Waals surface area contributed by atoms with Gasteiger partial charge in [-0.05, 0) is 5.56 Å². The smallest absolute Gasteiger partial charge is 0.319 e. The number of carbonyl (C=O) groups is 1. The zero-order valence-electron chi connectivity index (χ0n) is 19.9. The van der Waals surface area contributed by atoms with E-state index in [1.54, 1.807) is 7.11 Å². The van der Waals surface area contributed by atoms with E-state index in [1.807, 2.05) is 66.9 Å². The average molecular weight is 467 g/mol. The number of aromatic nitrogens is 1. The number of hydrogen-bond donors (Lipinski definition) is 2. The molecule has 6 heteroatoms. The van der Waals surface area contributed by atoms with Gasteiger partial charge in [0.1, 0.15) is 0 Å². The van der Waals surface area contributed by atoms with Crippen LogP contribution in [0.2, 0.25) is 0 Å².